The molecular weight excluding hydrogens is 157 g/mol. The van der Waals surface area contributed by atoms with Gasteiger partial charge in [-0.1, -0.05) is 6.07 Å². The van der Waals surface area contributed by atoms with E-state index in [0.717, 1.165) is 5.69 Å². The third kappa shape index (κ3) is 1.95. The van der Waals surface area contributed by atoms with Crippen molar-refractivity contribution < 1.29 is 9.13 Å². The second kappa shape index (κ2) is 4.07. The molecule has 12 heavy (non-hydrogen) atoms. The van der Waals surface area contributed by atoms with E-state index in [1.807, 2.05) is 6.07 Å². The predicted octanol–water partition coefficient (Wildman–Crippen LogP) is 2.01. The van der Waals surface area contributed by atoms with Crippen LogP contribution in [0.2, 0.25) is 0 Å². The zero-order valence-corrected chi connectivity index (χ0v) is 7.23. The summed E-state index contributed by atoms with van der Waals surface area (Å²) < 4.78 is 17.9. The number of methoxy groups -OCH3 is 1. The van der Waals surface area contributed by atoms with Crippen molar-refractivity contribution in [3.8, 4) is 0 Å². The number of ether oxygens (including phenoxy) is 1. The summed E-state index contributed by atoms with van der Waals surface area (Å²) in [6, 6.07) is 4.98. The summed E-state index contributed by atoms with van der Waals surface area (Å²) in [5.41, 5.74) is 1.35. The number of anilines is 1. The summed E-state index contributed by atoms with van der Waals surface area (Å²) in [6.45, 7) is 0.315. The number of hydrogen-bond acceptors (Lipinski definition) is 2. The summed E-state index contributed by atoms with van der Waals surface area (Å²) in [7, 11) is 3.30. The molecule has 0 amide bonds. The van der Waals surface area contributed by atoms with Gasteiger partial charge in [-0.05, 0) is 12.1 Å². The summed E-state index contributed by atoms with van der Waals surface area (Å²) in [4.78, 5) is 0. The molecule has 3 heteroatoms. The first-order valence-corrected chi connectivity index (χ1v) is 3.73. The van der Waals surface area contributed by atoms with Crippen LogP contribution in [0, 0.1) is 5.82 Å². The van der Waals surface area contributed by atoms with Crippen LogP contribution in [0.4, 0.5) is 10.1 Å². The van der Waals surface area contributed by atoms with Crippen molar-refractivity contribution in [2.45, 2.75) is 6.61 Å². The Bertz CT molecular complexity index is 263. The zero-order chi connectivity index (χ0) is 8.97. The summed E-state index contributed by atoms with van der Waals surface area (Å²) in [5, 5.41) is 2.86. The second-order valence-electron chi connectivity index (χ2n) is 2.49. The van der Waals surface area contributed by atoms with Crippen molar-refractivity contribution in [3.05, 3.63) is 29.6 Å². The highest BCUT2D eigenvalue weighted by molar-refractivity contribution is 5.44. The molecule has 0 fully saturated rings. The number of benzene rings is 1. The van der Waals surface area contributed by atoms with Gasteiger partial charge in [-0.25, -0.2) is 4.39 Å². The van der Waals surface area contributed by atoms with Crippen molar-refractivity contribution in [2.75, 3.05) is 19.5 Å². The maximum Gasteiger partial charge on any atom is 0.130 e. The fourth-order valence-corrected chi connectivity index (χ4v) is 0.975. The Hall–Kier alpha value is -1.09. The van der Waals surface area contributed by atoms with E-state index in [4.69, 9.17) is 4.74 Å². The van der Waals surface area contributed by atoms with Crippen LogP contribution in [0.15, 0.2) is 18.2 Å². The van der Waals surface area contributed by atoms with Crippen molar-refractivity contribution >= 4 is 5.69 Å². The third-order valence-electron chi connectivity index (χ3n) is 1.64. The highest BCUT2D eigenvalue weighted by atomic mass is 19.1. The summed E-state index contributed by atoms with van der Waals surface area (Å²) >= 11 is 0. The maximum absolute atomic E-state index is 13.1. The molecule has 0 atom stereocenters. The molecular formula is C9H12FNO. The molecule has 0 aliphatic carbocycles. The van der Waals surface area contributed by atoms with E-state index in [-0.39, 0.29) is 5.82 Å². The monoisotopic (exact) mass is 169 g/mol. The van der Waals surface area contributed by atoms with Crippen LogP contribution in [-0.4, -0.2) is 14.2 Å². The largest absolute Gasteiger partial charge is 0.388 e. The first kappa shape index (κ1) is 9.00. The number of hydrogen-bond donors (Lipinski definition) is 1. The Morgan fingerprint density at radius 3 is 2.75 bits per heavy atom. The first-order valence-electron chi connectivity index (χ1n) is 3.73. The number of halogens is 1. The van der Waals surface area contributed by atoms with Gasteiger partial charge in [0.1, 0.15) is 5.82 Å². The Kier molecular flexibility index (Phi) is 3.05. The molecule has 0 bridgehead atoms. The van der Waals surface area contributed by atoms with E-state index < -0.39 is 0 Å². The van der Waals surface area contributed by atoms with Crippen molar-refractivity contribution in [3.63, 3.8) is 0 Å². The number of rotatable bonds is 3. The van der Waals surface area contributed by atoms with Crippen LogP contribution >= 0.6 is 0 Å². The van der Waals surface area contributed by atoms with E-state index in [2.05, 4.69) is 5.32 Å². The average Bonchev–Trinajstić information content (AvgIpc) is 2.09. The Morgan fingerprint density at radius 2 is 2.25 bits per heavy atom. The highest BCUT2D eigenvalue weighted by Gasteiger charge is 2.01. The molecule has 1 aromatic rings. The molecule has 0 heterocycles. The van der Waals surface area contributed by atoms with Crippen LogP contribution in [0.3, 0.4) is 0 Å². The van der Waals surface area contributed by atoms with Crippen LogP contribution in [0.1, 0.15) is 5.56 Å². The minimum absolute atomic E-state index is 0.233. The van der Waals surface area contributed by atoms with E-state index in [9.17, 15) is 4.39 Å². The minimum Gasteiger partial charge on any atom is -0.388 e. The summed E-state index contributed by atoms with van der Waals surface area (Å²) in [6.07, 6.45) is 0. The lowest BCUT2D eigenvalue weighted by Gasteiger charge is -2.04. The van der Waals surface area contributed by atoms with E-state index in [0.29, 0.717) is 12.2 Å². The van der Waals surface area contributed by atoms with Crippen molar-refractivity contribution in [2.24, 2.45) is 0 Å². The molecule has 2 nitrogen and oxygen atoms in total. The van der Waals surface area contributed by atoms with E-state index in [1.165, 1.54) is 6.07 Å². The Morgan fingerprint density at radius 1 is 1.50 bits per heavy atom. The van der Waals surface area contributed by atoms with E-state index >= 15 is 0 Å². The van der Waals surface area contributed by atoms with Crippen LogP contribution < -0.4 is 5.32 Å². The predicted molar refractivity (Wildman–Crippen MR) is 46.7 cm³/mol. The second-order valence-corrected chi connectivity index (χ2v) is 2.49. The summed E-state index contributed by atoms with van der Waals surface area (Å²) in [5.74, 6) is -0.233. The topological polar surface area (TPSA) is 21.3 Å². The Labute approximate surface area is 71.4 Å². The van der Waals surface area contributed by atoms with Gasteiger partial charge in [-0.3, -0.25) is 0 Å². The molecule has 0 radical (unpaired) electrons. The van der Waals surface area contributed by atoms with Gasteiger partial charge >= 0.3 is 0 Å². The SMILES string of the molecule is CNc1ccc(COC)c(F)c1. The smallest absolute Gasteiger partial charge is 0.130 e. The fraction of sp³-hybridized carbons (Fsp3) is 0.333. The van der Waals surface area contributed by atoms with Gasteiger partial charge in [0.25, 0.3) is 0 Å². The van der Waals surface area contributed by atoms with Crippen LogP contribution in [-0.2, 0) is 11.3 Å². The zero-order valence-electron chi connectivity index (χ0n) is 7.23. The van der Waals surface area contributed by atoms with Crippen LogP contribution in [0.5, 0.6) is 0 Å². The Balaban J connectivity index is 2.87. The molecule has 0 aromatic heterocycles. The van der Waals surface area contributed by atoms with Gasteiger partial charge in [0.15, 0.2) is 0 Å². The molecule has 0 aliphatic heterocycles. The van der Waals surface area contributed by atoms with Gasteiger partial charge in [0.2, 0.25) is 0 Å². The molecule has 0 saturated carbocycles. The van der Waals surface area contributed by atoms with Gasteiger partial charge < -0.3 is 10.1 Å². The third-order valence-corrected chi connectivity index (χ3v) is 1.64. The molecule has 0 aliphatic rings. The average molecular weight is 169 g/mol. The molecule has 66 valence electrons. The molecule has 0 spiro atoms. The standard InChI is InChI=1S/C9H12FNO/c1-11-8-4-3-7(6-12-2)9(10)5-8/h3-5,11H,6H2,1-2H3. The van der Waals surface area contributed by atoms with Gasteiger partial charge in [-0.2, -0.15) is 0 Å². The number of nitrogens with one attached hydrogen (secondary N) is 1. The van der Waals surface area contributed by atoms with Crippen molar-refractivity contribution in [1.29, 1.82) is 0 Å². The molecule has 1 N–H and O–H groups in total. The fourth-order valence-electron chi connectivity index (χ4n) is 0.975. The van der Waals surface area contributed by atoms with Gasteiger partial charge in [-0.15, -0.1) is 0 Å². The first-order chi connectivity index (χ1) is 5.77. The molecule has 0 unspecified atom stereocenters. The lowest BCUT2D eigenvalue weighted by molar-refractivity contribution is 0.181. The van der Waals surface area contributed by atoms with Crippen LogP contribution in [0.25, 0.3) is 0 Å². The highest BCUT2D eigenvalue weighted by Crippen LogP contribution is 2.14. The quantitative estimate of drug-likeness (QED) is 0.747. The molecule has 1 aromatic carbocycles. The molecule has 1 rings (SSSR count). The lowest BCUT2D eigenvalue weighted by atomic mass is 10.2. The van der Waals surface area contributed by atoms with Gasteiger partial charge in [0.05, 0.1) is 6.61 Å². The normalized spacial score (nSPS) is 9.92. The van der Waals surface area contributed by atoms with E-state index in [1.54, 1.807) is 20.2 Å². The van der Waals surface area contributed by atoms with Gasteiger partial charge in [0, 0.05) is 25.4 Å². The minimum atomic E-state index is -0.233. The molecule has 0 saturated heterocycles. The lowest BCUT2D eigenvalue weighted by Crippen LogP contribution is -1.95. The maximum atomic E-state index is 13.1. The van der Waals surface area contributed by atoms with Crippen molar-refractivity contribution in [1.82, 2.24) is 0 Å².